The number of methoxy groups -OCH3 is 3. The third kappa shape index (κ3) is 5.81. The van der Waals surface area contributed by atoms with Crippen LogP contribution in [0.25, 0.3) is 11.1 Å². The highest BCUT2D eigenvalue weighted by molar-refractivity contribution is 5.79. The van der Waals surface area contributed by atoms with E-state index in [-0.39, 0.29) is 12.3 Å². The zero-order chi connectivity index (χ0) is 24.6. The number of benzene rings is 3. The minimum Gasteiger partial charge on any atom is -0.493 e. The zero-order valence-corrected chi connectivity index (χ0v) is 20.2. The van der Waals surface area contributed by atoms with Crippen molar-refractivity contribution < 1.29 is 19.0 Å². The zero-order valence-electron chi connectivity index (χ0n) is 20.2. The average Bonchev–Trinajstić information content (AvgIpc) is 3.40. The number of rotatable bonds is 10. The Balaban J connectivity index is 1.43. The Morgan fingerprint density at radius 3 is 2.23 bits per heavy atom. The van der Waals surface area contributed by atoms with Crippen LogP contribution in [0, 0.1) is 0 Å². The molecule has 35 heavy (non-hydrogen) atoms. The predicted octanol–water partition coefficient (Wildman–Crippen LogP) is 4.48. The van der Waals surface area contributed by atoms with Crippen LogP contribution in [0.4, 0.5) is 0 Å². The van der Waals surface area contributed by atoms with Crippen molar-refractivity contribution in [2.45, 2.75) is 19.5 Å². The van der Waals surface area contributed by atoms with Gasteiger partial charge in [-0.05, 0) is 46.0 Å². The minimum atomic E-state index is -0.0938. The van der Waals surface area contributed by atoms with E-state index in [4.69, 9.17) is 14.2 Å². The summed E-state index contributed by atoms with van der Waals surface area (Å²) in [6.07, 6.45) is 3.92. The molecule has 0 fully saturated rings. The molecule has 0 bridgehead atoms. The highest BCUT2D eigenvalue weighted by Gasteiger charge is 2.15. The monoisotopic (exact) mass is 471 g/mol. The summed E-state index contributed by atoms with van der Waals surface area (Å²) in [4.78, 5) is 12.8. The molecule has 1 N–H and O–H groups in total. The van der Waals surface area contributed by atoms with Crippen LogP contribution < -0.4 is 19.5 Å². The Kier molecular flexibility index (Phi) is 7.67. The molecule has 0 aliphatic carbocycles. The Morgan fingerprint density at radius 2 is 1.60 bits per heavy atom. The molecule has 1 amide bonds. The average molecular weight is 472 g/mol. The molecule has 3 aromatic carbocycles. The number of ether oxygens (including phenoxy) is 3. The number of hydrogen-bond acceptors (Lipinski definition) is 5. The first-order chi connectivity index (χ1) is 17.1. The molecule has 7 nitrogen and oxygen atoms in total. The summed E-state index contributed by atoms with van der Waals surface area (Å²) in [5, 5.41) is 7.30. The number of carbonyl (C=O) groups excluding carboxylic acids is 1. The van der Waals surface area contributed by atoms with E-state index in [1.165, 1.54) is 5.56 Å². The second-order valence-corrected chi connectivity index (χ2v) is 8.04. The molecule has 1 aromatic heterocycles. The standard InChI is InChI=1S/C28H29N3O4/c1-33-25-15-21(16-26(34-2)28(25)35-3)17-27(32)29-18-23-7-4-5-8-24(23)22-11-9-20(10-12-22)19-31-14-6-13-30-31/h4-16H,17-19H2,1-3H3,(H,29,32). The summed E-state index contributed by atoms with van der Waals surface area (Å²) in [5.74, 6) is 1.46. The second-order valence-electron chi connectivity index (χ2n) is 8.04. The summed E-state index contributed by atoms with van der Waals surface area (Å²) < 4.78 is 18.0. The van der Waals surface area contributed by atoms with Gasteiger partial charge in [-0.3, -0.25) is 9.48 Å². The van der Waals surface area contributed by atoms with Gasteiger partial charge in [-0.25, -0.2) is 0 Å². The van der Waals surface area contributed by atoms with Crippen molar-refractivity contribution >= 4 is 5.91 Å². The van der Waals surface area contributed by atoms with Gasteiger partial charge in [-0.1, -0.05) is 48.5 Å². The fraction of sp³-hybridized carbons (Fsp3) is 0.214. The van der Waals surface area contributed by atoms with E-state index in [0.717, 1.165) is 28.8 Å². The molecule has 0 unspecified atom stereocenters. The molecule has 0 saturated carbocycles. The van der Waals surface area contributed by atoms with Crippen molar-refractivity contribution in [3.8, 4) is 28.4 Å². The largest absolute Gasteiger partial charge is 0.493 e. The summed E-state index contributed by atoms with van der Waals surface area (Å²) >= 11 is 0. The van der Waals surface area contributed by atoms with E-state index in [0.29, 0.717) is 23.8 Å². The van der Waals surface area contributed by atoms with Gasteiger partial charge in [0.1, 0.15) is 0 Å². The lowest BCUT2D eigenvalue weighted by Gasteiger charge is -2.15. The Hall–Kier alpha value is -4.26. The highest BCUT2D eigenvalue weighted by atomic mass is 16.5. The van der Waals surface area contributed by atoms with E-state index in [1.54, 1.807) is 39.7 Å². The molecule has 1 heterocycles. The van der Waals surface area contributed by atoms with Gasteiger partial charge < -0.3 is 19.5 Å². The van der Waals surface area contributed by atoms with Gasteiger partial charge in [-0.2, -0.15) is 5.10 Å². The maximum atomic E-state index is 12.8. The van der Waals surface area contributed by atoms with Crippen LogP contribution >= 0.6 is 0 Å². The molecule has 0 saturated heterocycles. The van der Waals surface area contributed by atoms with E-state index < -0.39 is 0 Å². The summed E-state index contributed by atoms with van der Waals surface area (Å²) in [6.45, 7) is 1.15. The molecule has 0 spiro atoms. The Morgan fingerprint density at radius 1 is 0.886 bits per heavy atom. The van der Waals surface area contributed by atoms with E-state index in [9.17, 15) is 4.79 Å². The van der Waals surface area contributed by atoms with Gasteiger partial charge in [0.25, 0.3) is 0 Å². The van der Waals surface area contributed by atoms with Crippen LogP contribution in [0.3, 0.4) is 0 Å². The maximum Gasteiger partial charge on any atom is 0.224 e. The normalized spacial score (nSPS) is 10.6. The molecular weight excluding hydrogens is 442 g/mol. The fourth-order valence-corrected chi connectivity index (χ4v) is 4.01. The van der Waals surface area contributed by atoms with Crippen molar-refractivity contribution in [3.05, 3.63) is 95.8 Å². The van der Waals surface area contributed by atoms with Crippen molar-refractivity contribution in [1.29, 1.82) is 0 Å². The lowest BCUT2D eigenvalue weighted by molar-refractivity contribution is -0.120. The topological polar surface area (TPSA) is 74.6 Å². The van der Waals surface area contributed by atoms with E-state index in [2.05, 4.69) is 40.7 Å². The quantitative estimate of drug-likeness (QED) is 0.369. The number of nitrogens with zero attached hydrogens (tertiary/aromatic N) is 2. The molecule has 0 atom stereocenters. The molecule has 0 aliphatic rings. The van der Waals surface area contributed by atoms with Gasteiger partial charge in [0.2, 0.25) is 11.7 Å². The SMILES string of the molecule is COc1cc(CC(=O)NCc2ccccc2-c2ccc(Cn3cccn3)cc2)cc(OC)c1OC. The number of carbonyl (C=O) groups is 1. The number of amides is 1. The Labute approximate surface area is 205 Å². The number of nitrogens with one attached hydrogen (secondary N) is 1. The van der Waals surface area contributed by atoms with Gasteiger partial charge in [0, 0.05) is 18.9 Å². The third-order valence-electron chi connectivity index (χ3n) is 5.75. The van der Waals surface area contributed by atoms with Crippen LogP contribution in [-0.4, -0.2) is 37.0 Å². The van der Waals surface area contributed by atoms with Crippen molar-refractivity contribution in [2.75, 3.05) is 21.3 Å². The van der Waals surface area contributed by atoms with Crippen LogP contribution in [0.5, 0.6) is 17.2 Å². The van der Waals surface area contributed by atoms with Crippen LogP contribution in [0.2, 0.25) is 0 Å². The van der Waals surface area contributed by atoms with Crippen LogP contribution in [0.15, 0.2) is 79.1 Å². The summed E-state index contributed by atoms with van der Waals surface area (Å²) in [6, 6.07) is 22.0. The minimum absolute atomic E-state index is 0.0938. The van der Waals surface area contributed by atoms with Gasteiger partial charge in [0.15, 0.2) is 11.5 Å². The number of hydrogen-bond donors (Lipinski definition) is 1. The highest BCUT2D eigenvalue weighted by Crippen LogP contribution is 2.38. The maximum absolute atomic E-state index is 12.8. The van der Waals surface area contributed by atoms with Gasteiger partial charge in [-0.15, -0.1) is 0 Å². The van der Waals surface area contributed by atoms with Crippen molar-refractivity contribution in [1.82, 2.24) is 15.1 Å². The molecule has 0 radical (unpaired) electrons. The molecule has 4 rings (SSSR count). The molecular formula is C28H29N3O4. The summed E-state index contributed by atoms with van der Waals surface area (Å²) in [5.41, 5.74) is 5.19. The van der Waals surface area contributed by atoms with Crippen LogP contribution in [-0.2, 0) is 24.3 Å². The second kappa shape index (κ2) is 11.2. The fourth-order valence-electron chi connectivity index (χ4n) is 4.01. The number of aromatic nitrogens is 2. The first kappa shape index (κ1) is 23.9. The first-order valence-electron chi connectivity index (χ1n) is 11.3. The molecule has 0 aliphatic heterocycles. The van der Waals surface area contributed by atoms with Gasteiger partial charge in [0.05, 0.1) is 34.3 Å². The predicted molar refractivity (Wildman–Crippen MR) is 135 cm³/mol. The smallest absolute Gasteiger partial charge is 0.224 e. The van der Waals surface area contributed by atoms with E-state index in [1.807, 2.05) is 35.1 Å². The lowest BCUT2D eigenvalue weighted by atomic mass is 9.98. The lowest BCUT2D eigenvalue weighted by Crippen LogP contribution is -2.24. The van der Waals surface area contributed by atoms with Crippen LogP contribution in [0.1, 0.15) is 16.7 Å². The first-order valence-corrected chi connectivity index (χ1v) is 11.3. The van der Waals surface area contributed by atoms with E-state index >= 15 is 0 Å². The van der Waals surface area contributed by atoms with Gasteiger partial charge >= 0.3 is 0 Å². The Bertz CT molecular complexity index is 1240. The van der Waals surface area contributed by atoms with Crippen molar-refractivity contribution in [2.24, 2.45) is 0 Å². The molecule has 4 aromatic rings. The third-order valence-corrected chi connectivity index (χ3v) is 5.75. The molecule has 180 valence electrons. The van der Waals surface area contributed by atoms with Crippen molar-refractivity contribution in [3.63, 3.8) is 0 Å². The molecule has 7 heteroatoms. The summed E-state index contributed by atoms with van der Waals surface area (Å²) in [7, 11) is 4.67.